The molecule has 2 fully saturated rings. The van der Waals surface area contributed by atoms with Crippen molar-refractivity contribution < 1.29 is 30.4 Å². The van der Waals surface area contributed by atoms with Crippen LogP contribution in [-0.2, 0) is 9.59 Å². The molecule has 2 saturated heterocycles. The Hall–Kier alpha value is -1.08. The average Bonchev–Trinajstić information content (AvgIpc) is 2.67. The van der Waals surface area contributed by atoms with Crippen LogP contribution < -0.4 is 20.8 Å². The van der Waals surface area contributed by atoms with E-state index in [0.717, 1.165) is 0 Å². The molecule has 8 heteroatoms. The summed E-state index contributed by atoms with van der Waals surface area (Å²) < 4.78 is 0. The normalized spacial score (nSPS) is 21.6. The fraction of sp³-hybridized carbons (Fsp3) is 0.625. The van der Waals surface area contributed by atoms with Gasteiger partial charge in [0.15, 0.2) is 11.6 Å². The molecule has 0 spiro atoms. The Morgan fingerprint density at radius 1 is 0.625 bits per heavy atom. The van der Waals surface area contributed by atoms with Crippen molar-refractivity contribution in [2.45, 2.75) is 38.5 Å². The molecule has 0 radical (unpaired) electrons. The number of halogens is 2. The lowest BCUT2D eigenvalue weighted by Crippen LogP contribution is -2.85. The average molecular weight is 379 g/mol. The van der Waals surface area contributed by atoms with Crippen LogP contribution in [0.2, 0.25) is 0 Å². The molecule has 0 aromatic rings. The zero-order chi connectivity index (χ0) is 17.9. The molecule has 0 aromatic heterocycles. The van der Waals surface area contributed by atoms with E-state index < -0.39 is 33.1 Å². The quantitative estimate of drug-likeness (QED) is 0.485. The number of Topliss-reactive ketones (excluding diaryl/α,β-unsaturated/α-hetero) is 2. The minimum atomic E-state index is -1.23. The predicted molar refractivity (Wildman–Crippen MR) is 86.8 cm³/mol. The molecule has 0 bridgehead atoms. The van der Waals surface area contributed by atoms with Crippen LogP contribution >= 0.6 is 23.2 Å². The first-order valence-electron chi connectivity index (χ1n) is 8.33. The second kappa shape index (κ2) is 11.5. The van der Waals surface area contributed by atoms with Gasteiger partial charge in [-0.25, -0.2) is 0 Å². The number of hydrogen-bond donors (Lipinski definition) is 2. The lowest BCUT2D eigenvalue weighted by molar-refractivity contribution is -0.662. The van der Waals surface area contributed by atoms with E-state index in [0.29, 0.717) is 0 Å². The maximum absolute atomic E-state index is 10.7. The second-order valence-corrected chi connectivity index (χ2v) is 6.55. The number of quaternary nitrogens is 2. The molecule has 0 amide bonds. The third-order valence-electron chi connectivity index (χ3n) is 3.84. The fourth-order valence-electron chi connectivity index (χ4n) is 2.40. The van der Waals surface area contributed by atoms with Gasteiger partial charge in [0.05, 0.1) is 36.2 Å². The maximum Gasteiger partial charge on any atom is 0.190 e. The Morgan fingerprint density at radius 3 is 1.08 bits per heavy atom. The topological polar surface area (TPSA) is 113 Å². The van der Waals surface area contributed by atoms with Crippen LogP contribution in [-0.4, -0.2) is 37.7 Å². The summed E-state index contributed by atoms with van der Waals surface area (Å²) >= 11 is 10.2. The Labute approximate surface area is 151 Å². The third-order valence-corrected chi connectivity index (χ3v) is 4.53. The summed E-state index contributed by atoms with van der Waals surface area (Å²) in [6, 6.07) is 0. The Bertz CT molecular complexity index is 413. The standard InChI is InChI=1S/C6H2Cl2O4.2C5H11N/c7-1-3(9)5(11)2(8)6(12)4(1)10;2*1-2-4-6-5-3-1/h9,12H;2*6H,1-5H2. The molecule has 1 aliphatic carbocycles. The molecule has 24 heavy (non-hydrogen) atoms. The van der Waals surface area contributed by atoms with Crippen LogP contribution in [0, 0.1) is 0 Å². The molecule has 0 saturated carbocycles. The summed E-state index contributed by atoms with van der Waals surface area (Å²) in [4.78, 5) is 21.4. The number of allylic oxidation sites excluding steroid dienone is 2. The summed E-state index contributed by atoms with van der Waals surface area (Å²) in [5.74, 6) is -4.92. The van der Waals surface area contributed by atoms with Gasteiger partial charge >= 0.3 is 0 Å². The van der Waals surface area contributed by atoms with E-state index in [4.69, 9.17) is 23.2 Å². The molecule has 4 N–H and O–H groups in total. The second-order valence-electron chi connectivity index (χ2n) is 5.80. The van der Waals surface area contributed by atoms with Gasteiger partial charge < -0.3 is 20.8 Å². The van der Waals surface area contributed by atoms with Gasteiger partial charge in [0.25, 0.3) is 0 Å². The van der Waals surface area contributed by atoms with Gasteiger partial charge in [-0.05, 0) is 50.0 Å². The Balaban J connectivity index is 0.000000200. The van der Waals surface area contributed by atoms with E-state index in [1.165, 1.54) is 64.7 Å². The van der Waals surface area contributed by atoms with Gasteiger partial charge in [-0.15, -0.1) is 0 Å². The molecule has 0 unspecified atom stereocenters. The van der Waals surface area contributed by atoms with Crippen molar-refractivity contribution in [2.75, 3.05) is 26.2 Å². The molecule has 2 aliphatic heterocycles. The van der Waals surface area contributed by atoms with Gasteiger partial charge in [-0.2, -0.15) is 0 Å². The first-order valence-corrected chi connectivity index (χ1v) is 9.08. The van der Waals surface area contributed by atoms with E-state index in [1.54, 1.807) is 0 Å². The van der Waals surface area contributed by atoms with Crippen LogP contribution in [0.3, 0.4) is 0 Å². The number of rotatable bonds is 0. The maximum atomic E-state index is 10.7. The van der Waals surface area contributed by atoms with E-state index in [2.05, 4.69) is 10.6 Å². The number of nitrogens with two attached hydrogens (primary N) is 2. The van der Waals surface area contributed by atoms with Gasteiger partial charge in [-0.1, -0.05) is 23.2 Å². The SMILES string of the molecule is C1CC[NH2+]CC1.C1CC[NH2+]CC1.O=C1C([O-])=C(Cl)C(=O)C([O-])=C1Cl. The van der Waals surface area contributed by atoms with Crippen molar-refractivity contribution in [1.29, 1.82) is 0 Å². The number of carbonyl (C=O) groups is 2. The molecule has 0 aromatic carbocycles. The van der Waals surface area contributed by atoms with Crippen LogP contribution in [0.25, 0.3) is 0 Å². The molecular weight excluding hydrogens is 355 g/mol. The van der Waals surface area contributed by atoms with E-state index in [-0.39, 0.29) is 0 Å². The van der Waals surface area contributed by atoms with E-state index in [1.807, 2.05) is 0 Å². The highest BCUT2D eigenvalue weighted by Crippen LogP contribution is 2.23. The van der Waals surface area contributed by atoms with Crippen molar-refractivity contribution in [1.82, 2.24) is 0 Å². The van der Waals surface area contributed by atoms with Crippen molar-refractivity contribution in [3.05, 3.63) is 21.6 Å². The zero-order valence-corrected chi connectivity index (χ0v) is 15.1. The van der Waals surface area contributed by atoms with Crippen LogP contribution in [0.4, 0.5) is 0 Å². The Kier molecular flexibility index (Phi) is 10.0. The molecule has 2 heterocycles. The number of piperidine rings is 2. The van der Waals surface area contributed by atoms with Crippen LogP contribution in [0.1, 0.15) is 38.5 Å². The van der Waals surface area contributed by atoms with Crippen molar-refractivity contribution in [3.8, 4) is 0 Å². The fourth-order valence-corrected chi connectivity index (χ4v) is 2.75. The zero-order valence-electron chi connectivity index (χ0n) is 13.6. The monoisotopic (exact) mass is 378 g/mol. The van der Waals surface area contributed by atoms with Crippen molar-refractivity contribution in [3.63, 3.8) is 0 Å². The lowest BCUT2D eigenvalue weighted by atomic mass is 10.1. The summed E-state index contributed by atoms with van der Waals surface area (Å²) in [5.41, 5.74) is 0. The van der Waals surface area contributed by atoms with Gasteiger partial charge in [0.2, 0.25) is 0 Å². The molecule has 0 atom stereocenters. The van der Waals surface area contributed by atoms with Crippen LogP contribution in [0.5, 0.6) is 0 Å². The first-order chi connectivity index (χ1) is 11.5. The predicted octanol–water partition coefficient (Wildman–Crippen LogP) is -1.77. The number of carbonyl (C=O) groups excluding carboxylic acids is 2. The summed E-state index contributed by atoms with van der Waals surface area (Å²) in [7, 11) is 0. The molecule has 6 nitrogen and oxygen atoms in total. The smallest absolute Gasteiger partial charge is 0.190 e. The van der Waals surface area contributed by atoms with Gasteiger partial charge in [0, 0.05) is 0 Å². The van der Waals surface area contributed by atoms with Gasteiger partial charge in [-0.3, -0.25) is 9.59 Å². The number of ketones is 2. The van der Waals surface area contributed by atoms with Gasteiger partial charge in [0.1, 0.15) is 0 Å². The summed E-state index contributed by atoms with van der Waals surface area (Å²) in [5, 5.41) is 24.4. The van der Waals surface area contributed by atoms with Crippen molar-refractivity contribution >= 4 is 34.8 Å². The summed E-state index contributed by atoms with van der Waals surface area (Å²) in [6.45, 7) is 5.50. The van der Waals surface area contributed by atoms with Crippen LogP contribution in [0.15, 0.2) is 21.6 Å². The largest absolute Gasteiger partial charge is 0.869 e. The minimum Gasteiger partial charge on any atom is -0.869 e. The van der Waals surface area contributed by atoms with Crippen molar-refractivity contribution in [2.24, 2.45) is 0 Å². The molecular formula is C16H24Cl2N2O4. The molecule has 3 aliphatic rings. The highest BCUT2D eigenvalue weighted by molar-refractivity contribution is 6.55. The highest BCUT2D eigenvalue weighted by Gasteiger charge is 2.22. The highest BCUT2D eigenvalue weighted by atomic mass is 35.5. The van der Waals surface area contributed by atoms with E-state index >= 15 is 0 Å². The van der Waals surface area contributed by atoms with E-state index in [9.17, 15) is 19.8 Å². The minimum absolute atomic E-state index is 0.894. The molecule has 3 rings (SSSR count). The lowest BCUT2D eigenvalue weighted by Gasteiger charge is -2.23. The Morgan fingerprint density at radius 2 is 0.917 bits per heavy atom. The first kappa shape index (κ1) is 21.0. The summed E-state index contributed by atoms with van der Waals surface area (Å²) in [6.07, 6.45) is 8.72. The number of hydrogen-bond acceptors (Lipinski definition) is 4. The third kappa shape index (κ3) is 6.81. The molecule has 136 valence electrons.